The highest BCUT2D eigenvalue weighted by atomic mass is 32.1. The third-order valence-corrected chi connectivity index (χ3v) is 12.7. The number of hydrogen-bond donors (Lipinski definition) is 4. The van der Waals surface area contributed by atoms with Gasteiger partial charge in [-0.3, -0.25) is 14.5 Å². The first-order valence-corrected chi connectivity index (χ1v) is 20.9. The van der Waals surface area contributed by atoms with Crippen molar-refractivity contribution in [2.24, 2.45) is 5.92 Å². The second-order valence-electron chi connectivity index (χ2n) is 16.6. The average Bonchev–Trinajstić information content (AvgIpc) is 4.02. The van der Waals surface area contributed by atoms with Crippen molar-refractivity contribution in [1.29, 1.82) is 0 Å². The van der Waals surface area contributed by atoms with E-state index < -0.39 is 23.6 Å². The number of aliphatic hydroxyl groups excluding tert-OH is 1. The lowest BCUT2D eigenvalue weighted by molar-refractivity contribution is -0.141. The first-order valence-electron chi connectivity index (χ1n) is 20.0. The predicted octanol–water partition coefficient (Wildman–Crippen LogP) is 6.88. The Morgan fingerprint density at radius 2 is 1.81 bits per heavy atom. The van der Waals surface area contributed by atoms with Crippen LogP contribution in [0.25, 0.3) is 32.7 Å². The summed E-state index contributed by atoms with van der Waals surface area (Å²) < 4.78 is 5.92. The standard InChI is InChI=1S/C44H50N8O5S/c1-25(2)39(43(56)52-23-32(53)20-36(52)42(55)47-44(4,5)30-12-10-28(11-13-30)40-26(3)45-24-58-40)38-21-34(50-57-38)27-14-16-51(17-15-27)22-31-18-29-19-35(48-49-41(29)46-31)33-8-6-7-9-37(33)54/h6-13,18-19,21,24-25,27,32,36,39,53-54H,14-17,20,22-23H2,1-5H3,(H,46,49)(H,47,55)/t32-,36+,39-/m1/s1. The SMILES string of the molecule is Cc1ncsc1-c1ccc(C(C)(C)NC(=O)[C@@H]2C[C@@H](O)CN2C(=O)[C@@H](c2cc(C3CCN(Cc4cc5cc(-c6ccccc6O)nnc5[nH]4)CC3)no2)C(C)C)cc1. The van der Waals surface area contributed by atoms with Crippen molar-refractivity contribution < 1.29 is 24.3 Å². The summed E-state index contributed by atoms with van der Waals surface area (Å²) in [5.74, 6) is -0.512. The Morgan fingerprint density at radius 1 is 1.05 bits per heavy atom. The van der Waals surface area contributed by atoms with Crippen LogP contribution in [0.15, 0.2) is 76.8 Å². The molecule has 14 heteroatoms. The number of hydrogen-bond acceptors (Lipinski definition) is 11. The molecule has 2 amide bonds. The van der Waals surface area contributed by atoms with E-state index in [2.05, 4.69) is 41.6 Å². The lowest BCUT2D eigenvalue weighted by atomic mass is 9.89. The molecule has 4 aromatic heterocycles. The van der Waals surface area contributed by atoms with Gasteiger partial charge in [0.1, 0.15) is 23.5 Å². The van der Waals surface area contributed by atoms with Crippen LogP contribution in [-0.2, 0) is 21.7 Å². The first-order chi connectivity index (χ1) is 27.8. The van der Waals surface area contributed by atoms with Crippen LogP contribution in [0.3, 0.4) is 0 Å². The number of phenolic OH excluding ortho intramolecular Hbond substituents is 1. The predicted molar refractivity (Wildman–Crippen MR) is 222 cm³/mol. The number of aryl methyl sites for hydroxylation is 1. The third-order valence-electron chi connectivity index (χ3n) is 11.7. The van der Waals surface area contributed by atoms with Crippen LogP contribution in [0.2, 0.25) is 0 Å². The van der Waals surface area contributed by atoms with E-state index in [0.29, 0.717) is 22.7 Å². The maximum Gasteiger partial charge on any atom is 0.243 e. The molecule has 2 aliphatic rings. The highest BCUT2D eigenvalue weighted by Crippen LogP contribution is 2.36. The molecule has 0 unspecified atom stereocenters. The summed E-state index contributed by atoms with van der Waals surface area (Å²) in [6, 6.07) is 20.3. The van der Waals surface area contributed by atoms with Gasteiger partial charge >= 0.3 is 0 Å². The Balaban J connectivity index is 0.895. The molecule has 0 radical (unpaired) electrons. The van der Waals surface area contributed by atoms with Crippen molar-refractivity contribution in [3.8, 4) is 27.4 Å². The number of piperidine rings is 1. The summed E-state index contributed by atoms with van der Waals surface area (Å²) in [5, 5.41) is 38.3. The highest BCUT2D eigenvalue weighted by molar-refractivity contribution is 7.13. The number of nitrogens with one attached hydrogen (secondary N) is 2. The molecule has 6 heterocycles. The number of carbonyl (C=O) groups is 2. The van der Waals surface area contributed by atoms with Gasteiger partial charge in [0, 0.05) is 48.1 Å². The van der Waals surface area contributed by atoms with E-state index in [9.17, 15) is 19.8 Å². The lowest BCUT2D eigenvalue weighted by Gasteiger charge is -2.33. The van der Waals surface area contributed by atoms with Gasteiger partial charge < -0.3 is 29.9 Å². The monoisotopic (exact) mass is 802 g/mol. The van der Waals surface area contributed by atoms with Crippen molar-refractivity contribution in [3.05, 3.63) is 101 Å². The molecule has 2 aliphatic heterocycles. The van der Waals surface area contributed by atoms with Crippen LogP contribution >= 0.6 is 11.3 Å². The van der Waals surface area contributed by atoms with Gasteiger partial charge in [0.15, 0.2) is 5.65 Å². The number of benzene rings is 2. The van der Waals surface area contributed by atoms with Crippen molar-refractivity contribution in [2.45, 2.75) is 89.9 Å². The minimum absolute atomic E-state index is 0.0731. The van der Waals surface area contributed by atoms with E-state index in [-0.39, 0.29) is 42.4 Å². The molecule has 13 nitrogen and oxygen atoms in total. The molecule has 6 aromatic rings. The number of aromatic amines is 1. The molecule has 302 valence electrons. The molecule has 2 fully saturated rings. The maximum atomic E-state index is 14.3. The molecular weight excluding hydrogens is 753 g/mol. The number of nitrogens with zero attached hydrogens (tertiary/aromatic N) is 6. The Labute approximate surface area is 341 Å². The number of para-hydroxylation sites is 1. The number of rotatable bonds is 11. The number of β-amino-alcohol motifs (C(OH)–C–C–N with tert-alkyl or cyclic N) is 1. The van der Waals surface area contributed by atoms with Gasteiger partial charge in [-0.1, -0.05) is 55.4 Å². The molecule has 4 N–H and O–H groups in total. The van der Waals surface area contributed by atoms with Gasteiger partial charge in [-0.25, -0.2) is 4.98 Å². The number of likely N-dealkylation sites (tertiary alicyclic amines) is 2. The number of thiazole rings is 1. The zero-order chi connectivity index (χ0) is 40.7. The topological polar surface area (TPSA) is 174 Å². The molecule has 3 atom stereocenters. The van der Waals surface area contributed by atoms with Gasteiger partial charge in [0.25, 0.3) is 0 Å². The molecule has 8 rings (SSSR count). The van der Waals surface area contributed by atoms with Gasteiger partial charge in [0.2, 0.25) is 11.8 Å². The number of phenols is 1. The summed E-state index contributed by atoms with van der Waals surface area (Å²) in [7, 11) is 0. The second-order valence-corrected chi connectivity index (χ2v) is 17.5. The average molecular weight is 803 g/mol. The zero-order valence-electron chi connectivity index (χ0n) is 33.5. The molecule has 2 saturated heterocycles. The van der Waals surface area contributed by atoms with Crippen LogP contribution in [0.1, 0.15) is 87.2 Å². The molecule has 0 bridgehead atoms. The Bertz CT molecular complexity index is 2410. The Kier molecular flexibility index (Phi) is 10.9. The molecule has 0 saturated carbocycles. The van der Waals surface area contributed by atoms with Gasteiger partial charge in [-0.2, -0.15) is 0 Å². The fourth-order valence-electron chi connectivity index (χ4n) is 8.47. The van der Waals surface area contributed by atoms with Crippen LogP contribution < -0.4 is 5.32 Å². The quantitative estimate of drug-likeness (QED) is 0.108. The normalized spacial score (nSPS) is 18.6. The number of aromatic hydroxyl groups is 1. The van der Waals surface area contributed by atoms with Crippen molar-refractivity contribution in [2.75, 3.05) is 19.6 Å². The summed E-state index contributed by atoms with van der Waals surface area (Å²) >= 11 is 1.59. The molecule has 58 heavy (non-hydrogen) atoms. The minimum atomic E-state index is -0.822. The third kappa shape index (κ3) is 8.00. The van der Waals surface area contributed by atoms with Gasteiger partial charge in [0.05, 0.1) is 39.1 Å². The smallest absolute Gasteiger partial charge is 0.243 e. The van der Waals surface area contributed by atoms with Crippen LogP contribution in [0.5, 0.6) is 5.75 Å². The summed E-state index contributed by atoms with van der Waals surface area (Å²) in [5.41, 5.74) is 7.93. The molecule has 2 aromatic carbocycles. The summed E-state index contributed by atoms with van der Waals surface area (Å²) in [4.78, 5) is 41.1. The van der Waals surface area contributed by atoms with Crippen molar-refractivity contribution >= 4 is 34.2 Å². The van der Waals surface area contributed by atoms with Crippen molar-refractivity contribution in [3.63, 3.8) is 0 Å². The zero-order valence-corrected chi connectivity index (χ0v) is 34.3. The van der Waals surface area contributed by atoms with E-state index in [4.69, 9.17) is 4.52 Å². The number of carbonyl (C=O) groups excluding carboxylic acids is 2. The Morgan fingerprint density at radius 3 is 2.52 bits per heavy atom. The van der Waals surface area contributed by atoms with E-state index in [1.807, 2.05) is 88.7 Å². The van der Waals surface area contributed by atoms with E-state index in [1.54, 1.807) is 23.5 Å². The molecule has 0 aliphatic carbocycles. The minimum Gasteiger partial charge on any atom is -0.507 e. The van der Waals surface area contributed by atoms with Gasteiger partial charge in [-0.05, 0) is 88.0 Å². The van der Waals surface area contributed by atoms with Gasteiger partial charge in [-0.15, -0.1) is 21.5 Å². The number of amides is 2. The highest BCUT2D eigenvalue weighted by Gasteiger charge is 2.44. The number of aromatic nitrogens is 5. The summed E-state index contributed by atoms with van der Waals surface area (Å²) in [6.45, 7) is 12.3. The number of fused-ring (bicyclic) bond motifs is 1. The van der Waals surface area contributed by atoms with Crippen LogP contribution in [0, 0.1) is 12.8 Å². The molecular formula is C44H50N8O5S. The summed E-state index contributed by atoms with van der Waals surface area (Å²) in [6.07, 6.45) is 1.11. The maximum absolute atomic E-state index is 14.3. The van der Waals surface area contributed by atoms with Crippen molar-refractivity contribution in [1.82, 2.24) is 40.4 Å². The largest absolute Gasteiger partial charge is 0.507 e. The first kappa shape index (κ1) is 39.4. The number of aliphatic hydroxyl groups is 1. The van der Waals surface area contributed by atoms with E-state index >= 15 is 0 Å². The fraction of sp³-hybridized carbons (Fsp3) is 0.409. The second kappa shape index (κ2) is 16.1. The van der Waals surface area contributed by atoms with Crippen LogP contribution in [0.4, 0.5) is 0 Å². The van der Waals surface area contributed by atoms with Crippen LogP contribution in [-0.4, -0.2) is 88.9 Å². The molecule has 0 spiro atoms. The van der Waals surface area contributed by atoms with E-state index in [1.165, 1.54) is 4.90 Å². The lowest BCUT2D eigenvalue weighted by Crippen LogP contribution is -2.52. The van der Waals surface area contributed by atoms with E-state index in [0.717, 1.165) is 70.9 Å². The fourth-order valence-corrected chi connectivity index (χ4v) is 9.28. The number of H-pyrrole nitrogens is 1. The Hall–Kier alpha value is -5.44.